The molecule has 0 aromatic heterocycles. The highest BCUT2D eigenvalue weighted by molar-refractivity contribution is 9.10. The van der Waals surface area contributed by atoms with Gasteiger partial charge in [0.1, 0.15) is 0 Å². The van der Waals surface area contributed by atoms with Crippen LogP contribution in [-0.2, 0) is 0 Å². The molecule has 2 amide bonds. The molecule has 5 heteroatoms. The number of benzene rings is 3. The monoisotopic (exact) mass is 378 g/mol. The maximum atomic E-state index is 12.7. The molecule has 0 aliphatic carbocycles. The number of carbonyl (C=O) groups is 2. The lowest BCUT2D eigenvalue weighted by Gasteiger charge is -2.22. The van der Waals surface area contributed by atoms with Gasteiger partial charge in [0.2, 0.25) is 0 Å². The molecule has 1 heterocycles. The maximum absolute atomic E-state index is 12.7. The molecular weight excluding hydrogens is 368 g/mol. The summed E-state index contributed by atoms with van der Waals surface area (Å²) in [5, 5.41) is 6.63. The first kappa shape index (κ1) is 14.8. The Balaban J connectivity index is 1.79. The second-order valence-electron chi connectivity index (χ2n) is 5.43. The highest BCUT2D eigenvalue weighted by Crippen LogP contribution is 2.30. The van der Waals surface area contributed by atoms with Gasteiger partial charge >= 0.3 is 0 Å². The molecule has 0 saturated heterocycles. The minimum absolute atomic E-state index is 0.407. The number of hydrogen-bond acceptors (Lipinski definition) is 3. The average molecular weight is 379 g/mol. The van der Waals surface area contributed by atoms with E-state index in [9.17, 15) is 9.59 Å². The minimum atomic E-state index is -0.407. The summed E-state index contributed by atoms with van der Waals surface area (Å²) >= 11 is 3.38. The fraction of sp³-hybridized carbons (Fsp3) is 0. The van der Waals surface area contributed by atoms with Crippen molar-refractivity contribution < 1.29 is 9.59 Å². The molecule has 0 fully saturated rings. The predicted octanol–water partition coefficient (Wildman–Crippen LogP) is 4.23. The molecule has 0 atom stereocenters. The SMILES string of the molecule is O=C1c2cccc3cccc(c23)C(=O)N1N=Cc1cccc(Br)c1. The van der Waals surface area contributed by atoms with Gasteiger partial charge < -0.3 is 0 Å². The van der Waals surface area contributed by atoms with Crippen LogP contribution in [-0.4, -0.2) is 23.0 Å². The van der Waals surface area contributed by atoms with E-state index < -0.39 is 11.8 Å². The molecule has 4 nitrogen and oxygen atoms in total. The number of imide groups is 1. The zero-order chi connectivity index (χ0) is 16.7. The predicted molar refractivity (Wildman–Crippen MR) is 96.2 cm³/mol. The van der Waals surface area contributed by atoms with Gasteiger partial charge in [0.05, 0.1) is 17.3 Å². The Kier molecular flexibility index (Phi) is 3.50. The molecule has 116 valence electrons. The first-order valence-corrected chi connectivity index (χ1v) is 8.14. The van der Waals surface area contributed by atoms with Crippen LogP contribution in [0.3, 0.4) is 0 Å². The third-order valence-electron chi connectivity index (χ3n) is 3.92. The summed E-state index contributed by atoms with van der Waals surface area (Å²) in [6, 6.07) is 18.3. The fourth-order valence-electron chi connectivity index (χ4n) is 2.83. The number of hydrazone groups is 1. The van der Waals surface area contributed by atoms with Crippen molar-refractivity contribution in [3.05, 3.63) is 81.8 Å². The highest BCUT2D eigenvalue weighted by Gasteiger charge is 2.32. The van der Waals surface area contributed by atoms with Gasteiger partial charge in [-0.1, -0.05) is 52.3 Å². The fourth-order valence-corrected chi connectivity index (χ4v) is 3.25. The Bertz CT molecular complexity index is 976. The quantitative estimate of drug-likeness (QED) is 0.494. The van der Waals surface area contributed by atoms with Crippen molar-refractivity contribution in [1.29, 1.82) is 0 Å². The van der Waals surface area contributed by atoms with Crippen molar-refractivity contribution in [2.24, 2.45) is 5.10 Å². The molecule has 0 spiro atoms. The summed E-state index contributed by atoms with van der Waals surface area (Å²) in [5.74, 6) is -0.814. The van der Waals surface area contributed by atoms with E-state index in [1.54, 1.807) is 12.1 Å². The first-order valence-electron chi connectivity index (χ1n) is 7.35. The van der Waals surface area contributed by atoms with E-state index >= 15 is 0 Å². The summed E-state index contributed by atoms with van der Waals surface area (Å²) < 4.78 is 0.901. The Hall–Kier alpha value is -2.79. The van der Waals surface area contributed by atoms with Gasteiger partial charge in [0, 0.05) is 9.86 Å². The number of amides is 2. The number of carbonyl (C=O) groups excluding carboxylic acids is 2. The molecule has 0 bridgehead atoms. The van der Waals surface area contributed by atoms with Gasteiger partial charge in [-0.3, -0.25) is 9.59 Å². The van der Waals surface area contributed by atoms with Crippen LogP contribution in [0, 0.1) is 0 Å². The zero-order valence-electron chi connectivity index (χ0n) is 12.4. The lowest BCUT2D eigenvalue weighted by molar-refractivity contribution is 0.0616. The lowest BCUT2D eigenvalue weighted by atomic mass is 9.95. The van der Waals surface area contributed by atoms with E-state index in [2.05, 4.69) is 21.0 Å². The van der Waals surface area contributed by atoms with Gasteiger partial charge in [-0.2, -0.15) is 10.1 Å². The van der Waals surface area contributed by atoms with Crippen LogP contribution in [0.2, 0.25) is 0 Å². The van der Waals surface area contributed by atoms with Crippen LogP contribution < -0.4 is 0 Å². The van der Waals surface area contributed by atoms with Crippen molar-refractivity contribution in [1.82, 2.24) is 5.01 Å². The van der Waals surface area contributed by atoms with Gasteiger partial charge in [-0.05, 0) is 35.2 Å². The molecule has 4 rings (SSSR count). The summed E-state index contributed by atoms with van der Waals surface area (Å²) in [6.07, 6.45) is 1.51. The van der Waals surface area contributed by atoms with E-state index in [1.165, 1.54) is 6.21 Å². The van der Waals surface area contributed by atoms with Gasteiger partial charge in [0.25, 0.3) is 11.8 Å². The normalized spacial score (nSPS) is 14.0. The topological polar surface area (TPSA) is 49.7 Å². The summed E-state index contributed by atoms with van der Waals surface area (Å²) in [4.78, 5) is 25.4. The number of hydrogen-bond donors (Lipinski definition) is 0. The Morgan fingerprint density at radius 3 is 2.12 bits per heavy atom. The standard InChI is InChI=1S/C19H11BrN2O2/c20-14-7-1-4-12(10-14)11-21-22-18(23)15-8-2-5-13-6-3-9-16(17(13)15)19(22)24/h1-11H. The first-order chi connectivity index (χ1) is 11.6. The van der Waals surface area contributed by atoms with E-state index in [-0.39, 0.29) is 0 Å². The van der Waals surface area contributed by atoms with Crippen molar-refractivity contribution in [3.8, 4) is 0 Å². The van der Waals surface area contributed by atoms with Crippen LogP contribution in [0.15, 0.2) is 70.2 Å². The van der Waals surface area contributed by atoms with E-state index in [0.29, 0.717) is 16.5 Å². The van der Waals surface area contributed by atoms with Crippen LogP contribution in [0.4, 0.5) is 0 Å². The molecule has 1 aliphatic heterocycles. The van der Waals surface area contributed by atoms with Gasteiger partial charge in [0.15, 0.2) is 0 Å². The molecular formula is C19H11BrN2O2. The van der Waals surface area contributed by atoms with E-state index in [1.807, 2.05) is 48.5 Å². The summed E-state index contributed by atoms with van der Waals surface area (Å²) in [5.41, 5.74) is 1.78. The zero-order valence-corrected chi connectivity index (χ0v) is 14.0. The van der Waals surface area contributed by atoms with Crippen LogP contribution in [0.1, 0.15) is 26.3 Å². The molecule has 0 unspecified atom stereocenters. The largest absolute Gasteiger partial charge is 0.282 e. The van der Waals surface area contributed by atoms with Crippen molar-refractivity contribution in [2.45, 2.75) is 0 Å². The molecule has 24 heavy (non-hydrogen) atoms. The second-order valence-corrected chi connectivity index (χ2v) is 6.35. The minimum Gasteiger partial charge on any atom is -0.267 e. The molecule has 0 saturated carbocycles. The Labute approximate surface area is 146 Å². The van der Waals surface area contributed by atoms with Gasteiger partial charge in [-0.25, -0.2) is 0 Å². The highest BCUT2D eigenvalue weighted by atomic mass is 79.9. The lowest BCUT2D eigenvalue weighted by Crippen LogP contribution is -2.36. The molecule has 3 aromatic rings. The number of nitrogens with zero attached hydrogens (tertiary/aromatic N) is 2. The molecule has 1 aliphatic rings. The van der Waals surface area contributed by atoms with E-state index in [4.69, 9.17) is 0 Å². The third-order valence-corrected chi connectivity index (χ3v) is 4.41. The van der Waals surface area contributed by atoms with Gasteiger partial charge in [-0.15, -0.1) is 0 Å². The number of halogens is 1. The van der Waals surface area contributed by atoms with Crippen LogP contribution >= 0.6 is 15.9 Å². The Morgan fingerprint density at radius 2 is 1.50 bits per heavy atom. The molecule has 0 radical (unpaired) electrons. The molecule has 3 aromatic carbocycles. The van der Waals surface area contributed by atoms with Crippen molar-refractivity contribution in [2.75, 3.05) is 0 Å². The maximum Gasteiger partial charge on any atom is 0.282 e. The second kappa shape index (κ2) is 5.69. The number of rotatable bonds is 2. The van der Waals surface area contributed by atoms with Crippen LogP contribution in [0.5, 0.6) is 0 Å². The summed E-state index contributed by atoms with van der Waals surface area (Å²) in [6.45, 7) is 0. The third kappa shape index (κ3) is 2.34. The summed E-state index contributed by atoms with van der Waals surface area (Å²) in [7, 11) is 0. The van der Waals surface area contributed by atoms with E-state index in [0.717, 1.165) is 20.4 Å². The molecule has 0 N–H and O–H groups in total. The van der Waals surface area contributed by atoms with Crippen molar-refractivity contribution in [3.63, 3.8) is 0 Å². The van der Waals surface area contributed by atoms with Crippen molar-refractivity contribution >= 4 is 44.7 Å². The average Bonchev–Trinajstić information content (AvgIpc) is 2.59. The van der Waals surface area contributed by atoms with Crippen LogP contribution in [0.25, 0.3) is 10.8 Å². The smallest absolute Gasteiger partial charge is 0.267 e. The Morgan fingerprint density at radius 1 is 0.875 bits per heavy atom.